The molecule has 5 nitrogen and oxygen atoms in total. The average Bonchev–Trinajstić information content (AvgIpc) is 3.07. The summed E-state index contributed by atoms with van der Waals surface area (Å²) in [6.07, 6.45) is 2.99. The molecule has 0 unspecified atom stereocenters. The number of carbonyl (C=O) groups is 1. The summed E-state index contributed by atoms with van der Waals surface area (Å²) in [4.78, 5) is 13.2. The van der Waals surface area contributed by atoms with Gasteiger partial charge in [-0.15, -0.1) is 11.3 Å². The number of hydrogen-bond acceptors (Lipinski definition) is 4. The van der Waals surface area contributed by atoms with Gasteiger partial charge in [-0.2, -0.15) is 5.10 Å². The zero-order valence-electron chi connectivity index (χ0n) is 10.8. The summed E-state index contributed by atoms with van der Waals surface area (Å²) in [5.74, 6) is 0.227. The summed E-state index contributed by atoms with van der Waals surface area (Å²) < 4.78 is 0.761. The van der Waals surface area contributed by atoms with Gasteiger partial charge in [-0.05, 0) is 31.4 Å². The van der Waals surface area contributed by atoms with Gasteiger partial charge in [-0.3, -0.25) is 9.89 Å². The molecule has 7 heteroatoms. The number of carbonyl (C=O) groups excluding carboxylic acids is 1. The van der Waals surface area contributed by atoms with Crippen LogP contribution < -0.4 is 11.1 Å². The smallest absolute Gasteiger partial charge is 0.273 e. The second-order valence-electron chi connectivity index (χ2n) is 4.89. The Hall–Kier alpha value is -1.53. The van der Waals surface area contributed by atoms with Crippen molar-refractivity contribution in [2.45, 2.75) is 25.2 Å². The van der Waals surface area contributed by atoms with E-state index in [-0.39, 0.29) is 5.91 Å². The second-order valence-corrected chi connectivity index (χ2v) is 6.69. The predicted octanol–water partition coefficient (Wildman–Crippen LogP) is 2.56. The van der Waals surface area contributed by atoms with Crippen LogP contribution in [0.15, 0.2) is 12.1 Å². The number of nitrogens with one attached hydrogen (secondary N) is 2. The van der Waals surface area contributed by atoms with E-state index in [0.29, 0.717) is 23.8 Å². The molecule has 0 aliphatic heterocycles. The number of hydrogen-bond donors (Lipinski definition) is 3. The molecule has 0 aromatic carbocycles. The van der Waals surface area contributed by atoms with E-state index in [9.17, 15) is 4.79 Å². The van der Waals surface area contributed by atoms with Crippen LogP contribution in [0.2, 0.25) is 4.34 Å². The molecular formula is C13H15ClN4OS. The molecular weight excluding hydrogens is 296 g/mol. The quantitative estimate of drug-likeness (QED) is 0.793. The molecule has 4 N–H and O–H groups in total. The van der Waals surface area contributed by atoms with E-state index in [1.165, 1.54) is 11.3 Å². The highest BCUT2D eigenvalue weighted by atomic mass is 35.5. The Kier molecular flexibility index (Phi) is 3.67. The van der Waals surface area contributed by atoms with Crippen molar-refractivity contribution in [3.63, 3.8) is 0 Å². The van der Waals surface area contributed by atoms with Crippen LogP contribution in [0.25, 0.3) is 0 Å². The fraction of sp³-hybridized carbons (Fsp3) is 0.385. The van der Waals surface area contributed by atoms with Crippen LogP contribution >= 0.6 is 22.9 Å². The zero-order chi connectivity index (χ0) is 14.1. The van der Waals surface area contributed by atoms with Gasteiger partial charge in [0.2, 0.25) is 0 Å². The standard InChI is InChI=1S/C13H15ClN4OS/c14-9-4-3-8(20-9)5-6-16-13(19)12-10(15)11(17-18-12)7-1-2-7/h3-4,7H,1-2,5-6,15H2,(H,16,19)(H,17,18). The van der Waals surface area contributed by atoms with Crippen molar-refractivity contribution in [2.75, 3.05) is 12.3 Å². The van der Waals surface area contributed by atoms with Gasteiger partial charge in [0.05, 0.1) is 15.7 Å². The third-order valence-corrected chi connectivity index (χ3v) is 4.61. The van der Waals surface area contributed by atoms with Gasteiger partial charge < -0.3 is 11.1 Å². The molecule has 1 amide bonds. The van der Waals surface area contributed by atoms with Crippen LogP contribution in [0, 0.1) is 0 Å². The van der Waals surface area contributed by atoms with Gasteiger partial charge in [0, 0.05) is 17.3 Å². The van der Waals surface area contributed by atoms with Crippen LogP contribution in [0.3, 0.4) is 0 Å². The van der Waals surface area contributed by atoms with Gasteiger partial charge in [0.25, 0.3) is 5.91 Å². The Balaban J connectivity index is 1.56. The first-order valence-corrected chi connectivity index (χ1v) is 7.70. The number of halogens is 1. The molecule has 1 fully saturated rings. The summed E-state index contributed by atoms with van der Waals surface area (Å²) in [5.41, 5.74) is 7.66. The van der Waals surface area contributed by atoms with E-state index in [4.69, 9.17) is 17.3 Å². The SMILES string of the molecule is Nc1c(C(=O)NCCc2ccc(Cl)s2)n[nH]c1C1CC1. The molecule has 2 aromatic rings. The number of nitrogen functional groups attached to an aromatic ring is 1. The summed E-state index contributed by atoms with van der Waals surface area (Å²) in [6.45, 7) is 0.542. The van der Waals surface area contributed by atoms with E-state index in [1.54, 1.807) is 0 Å². The van der Waals surface area contributed by atoms with Crippen LogP contribution in [0.4, 0.5) is 5.69 Å². The lowest BCUT2D eigenvalue weighted by atomic mass is 10.2. The van der Waals surface area contributed by atoms with Gasteiger partial charge in [0.15, 0.2) is 5.69 Å². The molecule has 0 bridgehead atoms. The molecule has 0 spiro atoms. The minimum Gasteiger partial charge on any atom is -0.395 e. The topological polar surface area (TPSA) is 83.8 Å². The van der Waals surface area contributed by atoms with Crippen molar-refractivity contribution in [3.05, 3.63) is 32.7 Å². The normalized spacial score (nSPS) is 14.4. The third kappa shape index (κ3) is 2.81. The number of nitrogens with two attached hydrogens (primary N) is 1. The maximum absolute atomic E-state index is 12.0. The Morgan fingerprint density at radius 1 is 1.55 bits per heavy atom. The zero-order valence-corrected chi connectivity index (χ0v) is 12.4. The first-order valence-electron chi connectivity index (χ1n) is 6.51. The number of anilines is 1. The maximum Gasteiger partial charge on any atom is 0.273 e. The molecule has 2 heterocycles. The summed E-state index contributed by atoms with van der Waals surface area (Å²) in [6, 6.07) is 3.82. The lowest BCUT2D eigenvalue weighted by molar-refractivity contribution is 0.0950. The predicted molar refractivity (Wildman–Crippen MR) is 80.3 cm³/mol. The van der Waals surface area contributed by atoms with Crippen molar-refractivity contribution < 1.29 is 4.79 Å². The molecule has 2 aromatic heterocycles. The van der Waals surface area contributed by atoms with Crippen molar-refractivity contribution in [3.8, 4) is 0 Å². The monoisotopic (exact) mass is 310 g/mol. The molecule has 1 aliphatic rings. The number of thiophene rings is 1. The van der Waals surface area contributed by atoms with E-state index in [0.717, 1.165) is 34.2 Å². The van der Waals surface area contributed by atoms with E-state index >= 15 is 0 Å². The van der Waals surface area contributed by atoms with Gasteiger partial charge >= 0.3 is 0 Å². The molecule has 1 aliphatic carbocycles. The van der Waals surface area contributed by atoms with Crippen LogP contribution in [-0.2, 0) is 6.42 Å². The lowest BCUT2D eigenvalue weighted by Gasteiger charge is -2.02. The largest absolute Gasteiger partial charge is 0.395 e. The number of aromatic amines is 1. The Morgan fingerprint density at radius 2 is 2.35 bits per heavy atom. The highest BCUT2D eigenvalue weighted by Crippen LogP contribution is 2.42. The number of nitrogens with zero attached hydrogens (tertiary/aromatic N) is 1. The molecule has 20 heavy (non-hydrogen) atoms. The molecule has 3 rings (SSSR count). The van der Waals surface area contributed by atoms with Crippen molar-refractivity contribution in [1.29, 1.82) is 0 Å². The van der Waals surface area contributed by atoms with Crippen molar-refractivity contribution in [2.24, 2.45) is 0 Å². The highest BCUT2D eigenvalue weighted by Gasteiger charge is 2.30. The Labute approximate surface area is 125 Å². The minimum absolute atomic E-state index is 0.228. The number of H-pyrrole nitrogens is 1. The summed E-state index contributed by atoms with van der Waals surface area (Å²) in [5, 5.41) is 9.74. The number of amides is 1. The van der Waals surface area contributed by atoms with Crippen LogP contribution in [0.1, 0.15) is 39.8 Å². The number of rotatable bonds is 5. The Morgan fingerprint density at radius 3 is 3.00 bits per heavy atom. The average molecular weight is 311 g/mol. The first-order chi connectivity index (χ1) is 9.65. The summed E-state index contributed by atoms with van der Waals surface area (Å²) >= 11 is 7.38. The van der Waals surface area contributed by atoms with E-state index in [2.05, 4.69) is 15.5 Å². The fourth-order valence-electron chi connectivity index (χ4n) is 2.09. The molecule has 106 valence electrons. The summed E-state index contributed by atoms with van der Waals surface area (Å²) in [7, 11) is 0. The molecule has 1 saturated carbocycles. The van der Waals surface area contributed by atoms with Gasteiger partial charge in [-0.1, -0.05) is 11.6 Å². The molecule has 0 atom stereocenters. The van der Waals surface area contributed by atoms with Gasteiger partial charge in [0.1, 0.15) is 0 Å². The van der Waals surface area contributed by atoms with Crippen molar-refractivity contribution in [1.82, 2.24) is 15.5 Å². The number of aromatic nitrogens is 2. The second kappa shape index (κ2) is 5.46. The Bertz CT molecular complexity index is 632. The molecule has 0 radical (unpaired) electrons. The van der Waals surface area contributed by atoms with Crippen LogP contribution in [-0.4, -0.2) is 22.6 Å². The molecule has 0 saturated heterocycles. The van der Waals surface area contributed by atoms with E-state index < -0.39 is 0 Å². The highest BCUT2D eigenvalue weighted by molar-refractivity contribution is 7.16. The third-order valence-electron chi connectivity index (χ3n) is 3.32. The van der Waals surface area contributed by atoms with Gasteiger partial charge in [-0.25, -0.2) is 0 Å². The maximum atomic E-state index is 12.0. The fourth-order valence-corrected chi connectivity index (χ4v) is 3.18. The van der Waals surface area contributed by atoms with E-state index in [1.807, 2.05) is 12.1 Å². The van der Waals surface area contributed by atoms with Crippen molar-refractivity contribution >= 4 is 34.5 Å². The lowest BCUT2D eigenvalue weighted by Crippen LogP contribution is -2.26. The minimum atomic E-state index is -0.228. The van der Waals surface area contributed by atoms with Crippen LogP contribution in [0.5, 0.6) is 0 Å². The first kappa shape index (κ1) is 13.5.